The van der Waals surface area contributed by atoms with Gasteiger partial charge in [-0.3, -0.25) is 18.9 Å². The first kappa shape index (κ1) is 28.8. The molecule has 0 aliphatic heterocycles. The maximum Gasteiger partial charge on any atom is 0.439 e. The number of nitrogens with zero attached hydrogens (tertiary/aromatic N) is 5. The van der Waals surface area contributed by atoms with Gasteiger partial charge in [0.15, 0.2) is 5.82 Å². The molecule has 3 heterocycles. The second kappa shape index (κ2) is 12.9. The number of aromatic nitrogens is 6. The van der Waals surface area contributed by atoms with Crippen molar-refractivity contribution < 1.29 is 14.0 Å². The molecule has 0 spiro atoms. The number of aryl methyl sites for hydroxylation is 1. The Labute approximate surface area is 248 Å². The number of aromatic amines is 1. The maximum atomic E-state index is 14.3. The van der Waals surface area contributed by atoms with E-state index in [2.05, 4.69) is 27.1 Å². The predicted octanol–water partition coefficient (Wildman–Crippen LogP) is 4.59. The van der Waals surface area contributed by atoms with Crippen LogP contribution in [0.15, 0.2) is 69.0 Å². The number of fused-ring (bicyclic) bond motifs is 1. The molecule has 2 aromatic carbocycles. The highest BCUT2D eigenvalue weighted by atomic mass is 16.5. The number of nitrogens with one attached hydrogen (secondary N) is 1. The predicted molar refractivity (Wildman–Crippen MR) is 161 cm³/mol. The Morgan fingerprint density at radius 3 is 2.47 bits per heavy atom. The monoisotopic (exact) mass is 584 g/mol. The van der Waals surface area contributed by atoms with E-state index in [1.54, 1.807) is 13.4 Å². The zero-order valence-electron chi connectivity index (χ0n) is 24.5. The van der Waals surface area contributed by atoms with Gasteiger partial charge in [-0.1, -0.05) is 67.0 Å². The molecule has 0 saturated heterocycles. The molecule has 43 heavy (non-hydrogen) atoms. The van der Waals surface area contributed by atoms with Gasteiger partial charge in [-0.05, 0) is 48.8 Å². The Morgan fingerprint density at radius 2 is 1.77 bits per heavy atom. The van der Waals surface area contributed by atoms with Gasteiger partial charge in [0, 0.05) is 30.7 Å². The van der Waals surface area contributed by atoms with Crippen LogP contribution in [0.5, 0.6) is 0 Å². The van der Waals surface area contributed by atoms with Crippen LogP contribution in [0, 0.1) is 0 Å². The molecule has 0 unspecified atom stereocenters. The molecule has 1 fully saturated rings. The summed E-state index contributed by atoms with van der Waals surface area (Å²) in [5.41, 5.74) is 5.35. The van der Waals surface area contributed by atoms with Crippen LogP contribution in [0.1, 0.15) is 61.9 Å². The van der Waals surface area contributed by atoms with Crippen LogP contribution in [-0.4, -0.2) is 55.7 Å². The summed E-state index contributed by atoms with van der Waals surface area (Å²) in [6, 6.07) is 15.9. The minimum absolute atomic E-state index is 0.0112. The SMILES string of the molecule is CCCc1c(Cc2ccc(-c3ccccc3-c3noc(=O)[nH]3)cc2)c(=O)n(C2CCC(OCCOC)CC2)c2ncnn12. The average Bonchev–Trinajstić information content (AvgIpc) is 3.69. The zero-order valence-corrected chi connectivity index (χ0v) is 24.5. The summed E-state index contributed by atoms with van der Waals surface area (Å²) in [5, 5.41) is 8.43. The minimum Gasteiger partial charge on any atom is -0.382 e. The van der Waals surface area contributed by atoms with Crippen molar-refractivity contribution in [2.24, 2.45) is 0 Å². The molecule has 1 saturated carbocycles. The quantitative estimate of drug-likeness (QED) is 0.223. The summed E-state index contributed by atoms with van der Waals surface area (Å²) in [5.74, 6) is 0.395. The first-order chi connectivity index (χ1) is 21.1. The molecule has 224 valence electrons. The number of ether oxygens (including phenoxy) is 2. The number of methoxy groups -OCH3 is 1. The topological polar surface area (TPSA) is 130 Å². The van der Waals surface area contributed by atoms with Crippen molar-refractivity contribution in [1.29, 1.82) is 0 Å². The van der Waals surface area contributed by atoms with Gasteiger partial charge in [0.2, 0.25) is 5.78 Å². The van der Waals surface area contributed by atoms with Crippen LogP contribution >= 0.6 is 0 Å². The van der Waals surface area contributed by atoms with E-state index in [4.69, 9.17) is 14.0 Å². The highest BCUT2D eigenvalue weighted by Crippen LogP contribution is 2.32. The van der Waals surface area contributed by atoms with E-state index in [0.29, 0.717) is 31.2 Å². The van der Waals surface area contributed by atoms with Gasteiger partial charge in [-0.25, -0.2) is 9.31 Å². The first-order valence-corrected chi connectivity index (χ1v) is 14.9. The Hall–Kier alpha value is -4.35. The normalized spacial score (nSPS) is 17.1. The van der Waals surface area contributed by atoms with Crippen molar-refractivity contribution in [3.63, 3.8) is 0 Å². The maximum absolute atomic E-state index is 14.3. The fourth-order valence-electron chi connectivity index (χ4n) is 6.14. The fraction of sp³-hybridized carbons (Fsp3) is 0.406. The molecule has 1 aliphatic carbocycles. The van der Waals surface area contributed by atoms with Crippen LogP contribution in [0.2, 0.25) is 0 Å². The van der Waals surface area contributed by atoms with Gasteiger partial charge >= 0.3 is 5.76 Å². The zero-order chi connectivity index (χ0) is 29.8. The van der Waals surface area contributed by atoms with Gasteiger partial charge in [0.25, 0.3) is 5.56 Å². The Kier molecular flexibility index (Phi) is 8.62. The van der Waals surface area contributed by atoms with Gasteiger partial charge in [0.1, 0.15) is 6.33 Å². The smallest absolute Gasteiger partial charge is 0.382 e. The third kappa shape index (κ3) is 5.95. The van der Waals surface area contributed by atoms with E-state index in [1.807, 2.05) is 57.6 Å². The molecule has 3 aromatic heterocycles. The number of benzene rings is 2. The molecule has 0 amide bonds. The Balaban J connectivity index is 1.31. The van der Waals surface area contributed by atoms with E-state index in [0.717, 1.165) is 72.0 Å². The van der Waals surface area contributed by atoms with E-state index in [-0.39, 0.29) is 17.7 Å². The highest BCUT2D eigenvalue weighted by molar-refractivity contribution is 5.80. The largest absolute Gasteiger partial charge is 0.439 e. The number of rotatable bonds is 11. The molecule has 0 bridgehead atoms. The van der Waals surface area contributed by atoms with Gasteiger partial charge in [-0.2, -0.15) is 10.1 Å². The molecule has 6 rings (SSSR count). The fourth-order valence-corrected chi connectivity index (χ4v) is 6.14. The molecule has 0 radical (unpaired) electrons. The van der Waals surface area contributed by atoms with Crippen molar-refractivity contribution in [3.05, 3.63) is 92.6 Å². The average molecular weight is 585 g/mol. The lowest BCUT2D eigenvalue weighted by atomic mass is 9.92. The lowest BCUT2D eigenvalue weighted by molar-refractivity contribution is -0.00650. The Bertz CT molecular complexity index is 1790. The summed E-state index contributed by atoms with van der Waals surface area (Å²) in [7, 11) is 1.67. The summed E-state index contributed by atoms with van der Waals surface area (Å²) in [6.45, 7) is 3.27. The molecule has 1 N–H and O–H groups in total. The lowest BCUT2D eigenvalue weighted by Gasteiger charge is -2.30. The highest BCUT2D eigenvalue weighted by Gasteiger charge is 2.28. The summed E-state index contributed by atoms with van der Waals surface area (Å²) in [6.07, 6.45) is 7.29. The lowest BCUT2D eigenvalue weighted by Crippen LogP contribution is -2.35. The van der Waals surface area contributed by atoms with Crippen molar-refractivity contribution in [2.45, 2.75) is 64.0 Å². The molecule has 11 heteroatoms. The third-order valence-corrected chi connectivity index (χ3v) is 8.23. The minimum atomic E-state index is -0.596. The molecule has 0 atom stereocenters. The molecular weight excluding hydrogens is 548 g/mol. The van der Waals surface area contributed by atoms with Gasteiger partial charge < -0.3 is 9.47 Å². The second-order valence-corrected chi connectivity index (χ2v) is 11.0. The van der Waals surface area contributed by atoms with E-state index in [1.165, 1.54) is 0 Å². The summed E-state index contributed by atoms with van der Waals surface area (Å²) in [4.78, 5) is 33.0. The number of hydrogen-bond acceptors (Lipinski definition) is 8. The molecule has 5 aromatic rings. The van der Waals surface area contributed by atoms with Crippen molar-refractivity contribution in [3.8, 4) is 22.5 Å². The van der Waals surface area contributed by atoms with E-state index < -0.39 is 5.76 Å². The number of H-pyrrole nitrogens is 1. The first-order valence-electron chi connectivity index (χ1n) is 14.9. The van der Waals surface area contributed by atoms with Crippen molar-refractivity contribution in [2.75, 3.05) is 20.3 Å². The summed E-state index contributed by atoms with van der Waals surface area (Å²) < 4.78 is 19.6. The van der Waals surface area contributed by atoms with Crippen molar-refractivity contribution in [1.82, 2.24) is 29.3 Å². The standard InChI is InChI=1S/C32H36N6O5/c1-3-6-28-27(19-21-9-11-22(12-10-21)25-7-4-5-8-26(25)29-35-32(40)43-36-29)30(39)37(31-33-20-34-38(28)31)23-13-15-24(16-14-23)42-18-17-41-2/h4-5,7-12,20,23-24H,3,6,13-19H2,1-2H3,(H,35,36,40). The molecular formula is C32H36N6O5. The third-order valence-electron chi connectivity index (χ3n) is 8.23. The van der Waals surface area contributed by atoms with Crippen LogP contribution in [0.4, 0.5) is 0 Å². The van der Waals surface area contributed by atoms with Crippen molar-refractivity contribution >= 4 is 5.78 Å². The molecule has 1 aliphatic rings. The van der Waals surface area contributed by atoms with Crippen LogP contribution in [-0.2, 0) is 22.3 Å². The summed E-state index contributed by atoms with van der Waals surface area (Å²) >= 11 is 0. The van der Waals surface area contributed by atoms with Crippen LogP contribution < -0.4 is 11.3 Å². The van der Waals surface area contributed by atoms with E-state index in [9.17, 15) is 9.59 Å². The van der Waals surface area contributed by atoms with Crippen LogP contribution in [0.25, 0.3) is 28.3 Å². The Morgan fingerprint density at radius 1 is 1.00 bits per heavy atom. The van der Waals surface area contributed by atoms with Crippen LogP contribution in [0.3, 0.4) is 0 Å². The van der Waals surface area contributed by atoms with E-state index >= 15 is 0 Å². The van der Waals surface area contributed by atoms with Gasteiger partial charge in [-0.15, -0.1) is 0 Å². The van der Waals surface area contributed by atoms with Gasteiger partial charge in [0.05, 0.1) is 25.0 Å². The second-order valence-electron chi connectivity index (χ2n) is 11.0. The number of hydrogen-bond donors (Lipinski definition) is 1. The molecule has 11 nitrogen and oxygen atoms in total.